The maximum absolute atomic E-state index is 6.86. The van der Waals surface area contributed by atoms with Crippen LogP contribution in [0.5, 0.6) is 0 Å². The van der Waals surface area contributed by atoms with Gasteiger partial charge in [0, 0.05) is 60.1 Å². The van der Waals surface area contributed by atoms with Crippen LogP contribution in [-0.2, 0) is 0 Å². The summed E-state index contributed by atoms with van der Waals surface area (Å²) in [6.07, 6.45) is 0. The van der Waals surface area contributed by atoms with Crippen molar-refractivity contribution in [2.45, 2.75) is 0 Å². The third-order valence-electron chi connectivity index (χ3n) is 11.2. The molecule has 0 fully saturated rings. The lowest BCUT2D eigenvalue weighted by atomic mass is 9.93. The molecule has 4 aromatic heterocycles. The average molecular weight is 742 g/mol. The van der Waals surface area contributed by atoms with Crippen LogP contribution in [0.15, 0.2) is 192 Å². The molecule has 0 aliphatic heterocycles. The van der Waals surface area contributed by atoms with Crippen LogP contribution >= 0.6 is 0 Å². The first-order chi connectivity index (χ1) is 28.8. The van der Waals surface area contributed by atoms with Crippen molar-refractivity contribution in [1.29, 1.82) is 0 Å². The molecule has 6 heteroatoms. The number of hydrogen-bond acceptors (Lipinski definition) is 5. The number of aromatic nitrogens is 5. The van der Waals surface area contributed by atoms with Crippen LogP contribution < -0.4 is 0 Å². The minimum Gasteiger partial charge on any atom is -0.455 e. The molecular formula is C52H31N5O. The summed E-state index contributed by atoms with van der Waals surface area (Å²) >= 11 is 0. The molecule has 0 unspecified atom stereocenters. The summed E-state index contributed by atoms with van der Waals surface area (Å²) in [7, 11) is 0. The molecule has 270 valence electrons. The van der Waals surface area contributed by atoms with E-state index >= 15 is 0 Å². The number of hydrogen-bond donors (Lipinski definition) is 0. The predicted octanol–water partition coefficient (Wildman–Crippen LogP) is 13.2. The van der Waals surface area contributed by atoms with Crippen LogP contribution in [0.25, 0.3) is 117 Å². The molecule has 0 saturated heterocycles. The zero-order chi connectivity index (χ0) is 38.2. The Morgan fingerprint density at radius 3 is 1.71 bits per heavy atom. The van der Waals surface area contributed by atoms with E-state index in [9.17, 15) is 0 Å². The van der Waals surface area contributed by atoms with Crippen LogP contribution in [0.2, 0.25) is 0 Å². The first kappa shape index (κ1) is 32.3. The van der Waals surface area contributed by atoms with Gasteiger partial charge in [-0.15, -0.1) is 0 Å². The molecule has 12 rings (SSSR count). The SMILES string of the molecule is c1ccc(-c2nc(-c3ccccc3)nc(-c3cc4c(-c5ccc6c(c5)c5ccccc5n6-c5ccccc5)nc5ccccc5c4c4c3oc3ccccc34)n2)cc1. The predicted molar refractivity (Wildman–Crippen MR) is 236 cm³/mol. The van der Waals surface area contributed by atoms with Crippen LogP contribution in [0, 0.1) is 0 Å². The van der Waals surface area contributed by atoms with Crippen molar-refractivity contribution >= 4 is 65.4 Å². The summed E-state index contributed by atoms with van der Waals surface area (Å²) in [5.74, 6) is 1.70. The third-order valence-corrected chi connectivity index (χ3v) is 11.2. The summed E-state index contributed by atoms with van der Waals surface area (Å²) in [4.78, 5) is 20.9. The lowest BCUT2D eigenvalue weighted by molar-refractivity contribution is 0.670. The summed E-state index contributed by atoms with van der Waals surface area (Å²) in [5.41, 5.74) is 10.3. The molecule has 0 spiro atoms. The minimum absolute atomic E-state index is 0.527. The zero-order valence-electron chi connectivity index (χ0n) is 31.0. The Morgan fingerprint density at radius 2 is 0.966 bits per heavy atom. The van der Waals surface area contributed by atoms with E-state index < -0.39 is 0 Å². The van der Waals surface area contributed by atoms with Crippen LogP contribution in [0.4, 0.5) is 0 Å². The van der Waals surface area contributed by atoms with Crippen molar-refractivity contribution < 1.29 is 4.42 Å². The maximum Gasteiger partial charge on any atom is 0.167 e. The summed E-state index contributed by atoms with van der Waals surface area (Å²) < 4.78 is 9.20. The average Bonchev–Trinajstić information content (AvgIpc) is 3.85. The second-order valence-electron chi connectivity index (χ2n) is 14.6. The second-order valence-corrected chi connectivity index (χ2v) is 14.6. The van der Waals surface area contributed by atoms with Crippen molar-refractivity contribution in [3.8, 4) is 51.1 Å². The molecule has 0 atom stereocenters. The molecule has 0 aliphatic carbocycles. The molecule has 0 radical (unpaired) electrons. The van der Waals surface area contributed by atoms with Crippen molar-refractivity contribution in [3.63, 3.8) is 0 Å². The highest BCUT2D eigenvalue weighted by atomic mass is 16.3. The van der Waals surface area contributed by atoms with Crippen LogP contribution in [-0.4, -0.2) is 24.5 Å². The van der Waals surface area contributed by atoms with Crippen LogP contribution in [0.1, 0.15) is 0 Å². The first-order valence-electron chi connectivity index (χ1n) is 19.4. The Balaban J connectivity index is 1.20. The molecule has 12 aromatic rings. The van der Waals surface area contributed by atoms with Gasteiger partial charge in [-0.2, -0.15) is 0 Å². The Labute approximate surface area is 332 Å². The number of rotatable bonds is 5. The van der Waals surface area contributed by atoms with Crippen LogP contribution in [0.3, 0.4) is 0 Å². The third kappa shape index (κ3) is 4.98. The number of nitrogens with zero attached hydrogens (tertiary/aromatic N) is 5. The molecule has 0 amide bonds. The standard InChI is InChI=1S/C52H31N5O/c1-4-16-32(17-5-1)50-54-51(33-18-6-2-7-19-33)56-52(55-50)41-31-40-46(47-38-24-12-15-27-45(38)58-49(41)47)37-23-10-13-25-42(37)53-48(40)34-28-29-44-39(30-34)36-22-11-14-26-43(36)57(44)35-20-8-3-9-21-35/h1-31H. The Kier molecular flexibility index (Phi) is 7.13. The van der Waals surface area contributed by atoms with Gasteiger partial charge in [0.05, 0.1) is 27.8 Å². The normalized spacial score (nSPS) is 11.8. The monoisotopic (exact) mass is 741 g/mol. The molecule has 0 bridgehead atoms. The van der Waals surface area contributed by atoms with Gasteiger partial charge in [-0.3, -0.25) is 0 Å². The smallest absolute Gasteiger partial charge is 0.167 e. The van der Waals surface area contributed by atoms with E-state index in [-0.39, 0.29) is 0 Å². The van der Waals surface area contributed by atoms with Gasteiger partial charge in [-0.1, -0.05) is 140 Å². The summed E-state index contributed by atoms with van der Waals surface area (Å²) in [6.45, 7) is 0. The highest BCUT2D eigenvalue weighted by Gasteiger charge is 2.24. The molecule has 8 aromatic carbocycles. The summed E-state index contributed by atoms with van der Waals surface area (Å²) in [6, 6.07) is 64.9. The van der Waals surface area contributed by atoms with Gasteiger partial charge in [0.15, 0.2) is 17.5 Å². The number of fused-ring (bicyclic) bond motifs is 10. The molecule has 6 nitrogen and oxygen atoms in total. The molecule has 4 heterocycles. The molecule has 0 N–H and O–H groups in total. The lowest BCUT2D eigenvalue weighted by Crippen LogP contribution is -2.01. The largest absolute Gasteiger partial charge is 0.455 e. The quantitative estimate of drug-likeness (QED) is 0.164. The first-order valence-corrected chi connectivity index (χ1v) is 19.4. The summed E-state index contributed by atoms with van der Waals surface area (Å²) in [5, 5.41) is 7.49. The molecule has 0 saturated carbocycles. The Morgan fingerprint density at radius 1 is 0.379 bits per heavy atom. The van der Waals surface area contributed by atoms with E-state index in [2.05, 4.69) is 120 Å². The van der Waals surface area contributed by atoms with Crippen molar-refractivity contribution in [1.82, 2.24) is 24.5 Å². The Bertz CT molecular complexity index is 3500. The van der Waals surface area contributed by atoms with Gasteiger partial charge in [-0.05, 0) is 48.5 Å². The van der Waals surface area contributed by atoms with Crippen molar-refractivity contribution in [2.24, 2.45) is 0 Å². The van der Waals surface area contributed by atoms with Gasteiger partial charge in [0.2, 0.25) is 0 Å². The Hall–Kier alpha value is -7.96. The fourth-order valence-corrected chi connectivity index (χ4v) is 8.62. The number of benzene rings is 8. The lowest BCUT2D eigenvalue weighted by Gasteiger charge is -2.14. The van der Waals surface area contributed by atoms with Gasteiger partial charge in [0.25, 0.3) is 0 Å². The van der Waals surface area contributed by atoms with E-state index in [1.807, 2.05) is 72.8 Å². The van der Waals surface area contributed by atoms with Crippen molar-refractivity contribution in [2.75, 3.05) is 0 Å². The number of pyridine rings is 1. The van der Waals surface area contributed by atoms with E-state index in [0.717, 1.165) is 93.7 Å². The van der Waals surface area contributed by atoms with E-state index in [4.69, 9.17) is 24.4 Å². The zero-order valence-corrected chi connectivity index (χ0v) is 31.0. The van der Waals surface area contributed by atoms with E-state index in [0.29, 0.717) is 17.5 Å². The topological polar surface area (TPSA) is 69.6 Å². The van der Waals surface area contributed by atoms with E-state index in [1.165, 1.54) is 5.39 Å². The van der Waals surface area contributed by atoms with Gasteiger partial charge in [0.1, 0.15) is 11.2 Å². The van der Waals surface area contributed by atoms with Crippen molar-refractivity contribution in [3.05, 3.63) is 188 Å². The minimum atomic E-state index is 0.527. The highest BCUT2D eigenvalue weighted by Crippen LogP contribution is 2.46. The fourth-order valence-electron chi connectivity index (χ4n) is 8.62. The second kappa shape index (κ2) is 12.8. The highest BCUT2D eigenvalue weighted by molar-refractivity contribution is 6.30. The fraction of sp³-hybridized carbons (Fsp3) is 0. The molecule has 0 aliphatic rings. The number of furan rings is 1. The van der Waals surface area contributed by atoms with Gasteiger partial charge >= 0.3 is 0 Å². The number of para-hydroxylation sites is 4. The maximum atomic E-state index is 6.86. The molecular weight excluding hydrogens is 711 g/mol. The van der Waals surface area contributed by atoms with Gasteiger partial charge < -0.3 is 8.98 Å². The van der Waals surface area contributed by atoms with Gasteiger partial charge in [-0.25, -0.2) is 19.9 Å². The molecule has 58 heavy (non-hydrogen) atoms. The van der Waals surface area contributed by atoms with E-state index in [1.54, 1.807) is 0 Å².